The van der Waals surface area contributed by atoms with Crippen molar-refractivity contribution in [2.75, 3.05) is 17.7 Å². The SMILES string of the molecule is CC(c1ccccc1F)N(C)c1ccc(N)c(C(=O)O)c1. The van der Waals surface area contributed by atoms with Gasteiger partial charge in [0.05, 0.1) is 11.6 Å². The van der Waals surface area contributed by atoms with E-state index in [0.717, 1.165) is 0 Å². The van der Waals surface area contributed by atoms with Gasteiger partial charge in [0.1, 0.15) is 5.82 Å². The van der Waals surface area contributed by atoms with E-state index < -0.39 is 5.97 Å². The number of nitrogens with two attached hydrogens (primary N) is 1. The third-order valence-corrected chi connectivity index (χ3v) is 3.61. The fourth-order valence-electron chi connectivity index (χ4n) is 2.20. The monoisotopic (exact) mass is 288 g/mol. The topological polar surface area (TPSA) is 66.6 Å². The Labute approximate surface area is 122 Å². The molecular formula is C16H17FN2O2. The van der Waals surface area contributed by atoms with Gasteiger partial charge in [0.2, 0.25) is 0 Å². The maximum atomic E-state index is 13.8. The molecule has 0 heterocycles. The molecule has 2 rings (SSSR count). The first-order valence-electron chi connectivity index (χ1n) is 6.52. The molecule has 0 bridgehead atoms. The van der Waals surface area contributed by atoms with E-state index in [2.05, 4.69) is 0 Å². The number of hydrogen-bond acceptors (Lipinski definition) is 3. The van der Waals surface area contributed by atoms with E-state index in [1.54, 1.807) is 37.4 Å². The summed E-state index contributed by atoms with van der Waals surface area (Å²) in [6.45, 7) is 1.86. The molecule has 110 valence electrons. The molecule has 2 aromatic rings. The molecule has 1 atom stereocenters. The van der Waals surface area contributed by atoms with Gasteiger partial charge in [-0.3, -0.25) is 0 Å². The van der Waals surface area contributed by atoms with Crippen LogP contribution in [-0.4, -0.2) is 18.1 Å². The summed E-state index contributed by atoms with van der Waals surface area (Å²) >= 11 is 0. The molecular weight excluding hydrogens is 271 g/mol. The Morgan fingerprint density at radius 2 is 1.95 bits per heavy atom. The van der Waals surface area contributed by atoms with E-state index in [1.807, 2.05) is 11.8 Å². The molecule has 4 nitrogen and oxygen atoms in total. The Bertz CT molecular complexity index is 673. The first-order chi connectivity index (χ1) is 9.91. The number of aromatic carboxylic acids is 1. The molecule has 0 aliphatic carbocycles. The van der Waals surface area contributed by atoms with Gasteiger partial charge < -0.3 is 15.7 Å². The van der Waals surface area contributed by atoms with Crippen LogP contribution < -0.4 is 10.6 Å². The Morgan fingerprint density at radius 1 is 1.29 bits per heavy atom. The lowest BCUT2D eigenvalue weighted by Crippen LogP contribution is -2.23. The molecule has 21 heavy (non-hydrogen) atoms. The Morgan fingerprint density at radius 3 is 2.57 bits per heavy atom. The van der Waals surface area contributed by atoms with E-state index in [9.17, 15) is 9.18 Å². The molecule has 3 N–H and O–H groups in total. The molecule has 0 radical (unpaired) electrons. The first kappa shape index (κ1) is 14.8. The molecule has 0 saturated carbocycles. The van der Waals surface area contributed by atoms with Crippen LogP contribution in [0, 0.1) is 5.82 Å². The van der Waals surface area contributed by atoms with Crippen molar-refractivity contribution in [3.8, 4) is 0 Å². The Hall–Kier alpha value is -2.56. The van der Waals surface area contributed by atoms with Crippen LogP contribution in [0.15, 0.2) is 42.5 Å². The van der Waals surface area contributed by atoms with Crippen LogP contribution in [0.1, 0.15) is 28.9 Å². The third-order valence-electron chi connectivity index (χ3n) is 3.61. The largest absolute Gasteiger partial charge is 0.478 e. The zero-order valence-corrected chi connectivity index (χ0v) is 11.9. The molecule has 0 saturated heterocycles. The minimum absolute atomic E-state index is 0.0417. The van der Waals surface area contributed by atoms with Crippen LogP contribution in [0.3, 0.4) is 0 Å². The second-order valence-electron chi connectivity index (χ2n) is 4.89. The van der Waals surface area contributed by atoms with Gasteiger partial charge in [0.25, 0.3) is 0 Å². The number of carbonyl (C=O) groups is 1. The summed E-state index contributed by atoms with van der Waals surface area (Å²) in [6.07, 6.45) is 0. The molecule has 0 amide bonds. The van der Waals surface area contributed by atoms with E-state index in [4.69, 9.17) is 10.8 Å². The lowest BCUT2D eigenvalue weighted by molar-refractivity contribution is 0.0698. The van der Waals surface area contributed by atoms with Gasteiger partial charge in [0.15, 0.2) is 0 Å². The molecule has 0 spiro atoms. The number of hydrogen-bond donors (Lipinski definition) is 2. The van der Waals surface area contributed by atoms with Gasteiger partial charge in [-0.15, -0.1) is 0 Å². The quantitative estimate of drug-likeness (QED) is 0.847. The number of halogens is 1. The second kappa shape index (κ2) is 5.83. The van der Waals surface area contributed by atoms with Crippen LogP contribution in [0.5, 0.6) is 0 Å². The average Bonchev–Trinajstić information content (AvgIpc) is 2.46. The highest BCUT2D eigenvalue weighted by atomic mass is 19.1. The predicted molar refractivity (Wildman–Crippen MR) is 81.0 cm³/mol. The van der Waals surface area contributed by atoms with Gasteiger partial charge in [-0.1, -0.05) is 18.2 Å². The van der Waals surface area contributed by atoms with Crippen LogP contribution in [0.4, 0.5) is 15.8 Å². The standard InChI is InChI=1S/C16H17FN2O2/c1-10(12-5-3-4-6-14(12)17)19(2)11-7-8-15(18)13(9-11)16(20)21/h3-10H,18H2,1-2H3,(H,20,21). The van der Waals surface area contributed by atoms with Crippen LogP contribution >= 0.6 is 0 Å². The zero-order chi connectivity index (χ0) is 15.6. The highest BCUT2D eigenvalue weighted by molar-refractivity contribution is 5.94. The predicted octanol–water partition coefficient (Wildman–Crippen LogP) is 3.30. The van der Waals surface area contributed by atoms with Crippen LogP contribution in [-0.2, 0) is 0 Å². The lowest BCUT2D eigenvalue weighted by atomic mass is 10.0. The highest BCUT2D eigenvalue weighted by Crippen LogP contribution is 2.29. The number of nitrogens with zero attached hydrogens (tertiary/aromatic N) is 1. The Balaban J connectivity index is 2.36. The molecule has 2 aromatic carbocycles. The summed E-state index contributed by atoms with van der Waals surface area (Å²) < 4.78 is 13.8. The summed E-state index contributed by atoms with van der Waals surface area (Å²) in [4.78, 5) is 12.9. The molecule has 0 fully saturated rings. The van der Waals surface area contributed by atoms with Gasteiger partial charge in [-0.05, 0) is 31.2 Å². The van der Waals surface area contributed by atoms with Crippen molar-refractivity contribution < 1.29 is 14.3 Å². The number of nitrogen functional groups attached to an aromatic ring is 1. The average molecular weight is 288 g/mol. The normalized spacial score (nSPS) is 12.0. The fourth-order valence-corrected chi connectivity index (χ4v) is 2.20. The van der Waals surface area contributed by atoms with Crippen molar-refractivity contribution in [3.05, 3.63) is 59.4 Å². The summed E-state index contributed by atoms with van der Waals surface area (Å²) in [5.41, 5.74) is 7.10. The van der Waals surface area contributed by atoms with Gasteiger partial charge >= 0.3 is 5.97 Å². The number of carboxylic acid groups (broad SMARTS) is 1. The molecule has 5 heteroatoms. The van der Waals surface area contributed by atoms with Gasteiger partial charge in [-0.2, -0.15) is 0 Å². The minimum atomic E-state index is -1.08. The van der Waals surface area contributed by atoms with Gasteiger partial charge in [0, 0.05) is 24.0 Å². The molecule has 0 aliphatic heterocycles. The highest BCUT2D eigenvalue weighted by Gasteiger charge is 2.17. The molecule has 1 unspecified atom stereocenters. The van der Waals surface area contributed by atoms with Crippen molar-refractivity contribution in [3.63, 3.8) is 0 Å². The van der Waals surface area contributed by atoms with Gasteiger partial charge in [-0.25, -0.2) is 9.18 Å². The van der Waals surface area contributed by atoms with Crippen molar-refractivity contribution >= 4 is 17.3 Å². The Kier molecular flexibility index (Phi) is 4.12. The van der Waals surface area contributed by atoms with Crippen molar-refractivity contribution in [2.24, 2.45) is 0 Å². The molecule has 0 aliphatic rings. The zero-order valence-electron chi connectivity index (χ0n) is 11.9. The summed E-state index contributed by atoms with van der Waals surface area (Å²) in [7, 11) is 1.79. The van der Waals surface area contributed by atoms with E-state index >= 15 is 0 Å². The van der Waals surface area contributed by atoms with Crippen LogP contribution in [0.2, 0.25) is 0 Å². The summed E-state index contributed by atoms with van der Waals surface area (Å²) in [6, 6.07) is 11.1. The number of anilines is 2. The third kappa shape index (κ3) is 2.97. The molecule has 0 aromatic heterocycles. The van der Waals surface area contributed by atoms with Crippen LogP contribution in [0.25, 0.3) is 0 Å². The fraction of sp³-hybridized carbons (Fsp3) is 0.188. The first-order valence-corrected chi connectivity index (χ1v) is 6.52. The second-order valence-corrected chi connectivity index (χ2v) is 4.89. The maximum Gasteiger partial charge on any atom is 0.337 e. The minimum Gasteiger partial charge on any atom is -0.478 e. The van der Waals surface area contributed by atoms with E-state index in [0.29, 0.717) is 11.3 Å². The number of rotatable bonds is 4. The number of benzene rings is 2. The smallest absolute Gasteiger partial charge is 0.337 e. The lowest BCUT2D eigenvalue weighted by Gasteiger charge is -2.28. The maximum absolute atomic E-state index is 13.8. The van der Waals surface area contributed by atoms with Crippen molar-refractivity contribution in [1.29, 1.82) is 0 Å². The summed E-state index contributed by atoms with van der Waals surface area (Å²) in [5.74, 6) is -1.37. The van der Waals surface area contributed by atoms with E-state index in [1.165, 1.54) is 12.1 Å². The summed E-state index contributed by atoms with van der Waals surface area (Å²) in [5, 5.41) is 9.11. The van der Waals surface area contributed by atoms with Crippen molar-refractivity contribution in [2.45, 2.75) is 13.0 Å². The van der Waals surface area contributed by atoms with Crippen molar-refractivity contribution in [1.82, 2.24) is 0 Å². The number of carboxylic acids is 1. The van der Waals surface area contributed by atoms with E-state index in [-0.39, 0.29) is 23.1 Å².